The summed E-state index contributed by atoms with van der Waals surface area (Å²) in [5.41, 5.74) is -0.481. The van der Waals surface area contributed by atoms with Gasteiger partial charge in [-0.2, -0.15) is 0 Å². The molecule has 2 heteroatoms. The quantitative estimate of drug-likeness (QED) is 0.668. The van der Waals surface area contributed by atoms with E-state index in [1.165, 1.54) is 0 Å². The molecule has 12 heavy (non-hydrogen) atoms. The molecule has 0 aliphatic rings. The van der Waals surface area contributed by atoms with Gasteiger partial charge in [0, 0.05) is 0 Å². The lowest BCUT2D eigenvalue weighted by Gasteiger charge is -2.23. The summed E-state index contributed by atoms with van der Waals surface area (Å²) in [5.74, 6) is -0.641. The first kappa shape index (κ1) is 11.5. The van der Waals surface area contributed by atoms with Crippen LogP contribution in [0.3, 0.4) is 0 Å². The Morgan fingerprint density at radius 3 is 2.17 bits per heavy atom. The van der Waals surface area contributed by atoms with E-state index in [-0.39, 0.29) is 0 Å². The van der Waals surface area contributed by atoms with Crippen molar-refractivity contribution in [3.8, 4) is 0 Å². The molecular weight excluding hydrogens is 152 g/mol. The van der Waals surface area contributed by atoms with Gasteiger partial charge in [-0.25, -0.2) is 0 Å². The van der Waals surface area contributed by atoms with E-state index in [9.17, 15) is 4.79 Å². The highest BCUT2D eigenvalue weighted by Gasteiger charge is 2.30. The molecule has 0 aromatic carbocycles. The molecule has 1 N–H and O–H groups in total. The number of hydrogen-bond donors (Lipinski definition) is 1. The fraction of sp³-hybridized carbons (Fsp3) is 0.900. The lowest BCUT2D eigenvalue weighted by atomic mass is 9.81. The Kier molecular flexibility index (Phi) is 4.95. The Balaban J connectivity index is 4.08. The number of aliphatic carboxylic acids is 1. The summed E-state index contributed by atoms with van der Waals surface area (Å²) in [6.07, 6.45) is 4.65. The average Bonchev–Trinajstić information content (AvgIpc) is 2.01. The number of hydrogen-bond acceptors (Lipinski definition) is 1. The fourth-order valence-electron chi connectivity index (χ4n) is 1.46. The van der Waals surface area contributed by atoms with E-state index in [4.69, 9.17) is 5.11 Å². The van der Waals surface area contributed by atoms with Crippen molar-refractivity contribution in [2.75, 3.05) is 0 Å². The third-order valence-corrected chi connectivity index (χ3v) is 2.40. The van der Waals surface area contributed by atoms with Crippen LogP contribution < -0.4 is 0 Å². The molecule has 0 aliphatic heterocycles. The van der Waals surface area contributed by atoms with Gasteiger partial charge in [0.15, 0.2) is 0 Å². The van der Waals surface area contributed by atoms with Crippen LogP contribution in [0.5, 0.6) is 0 Å². The first-order chi connectivity index (χ1) is 5.56. The second-order valence-corrected chi connectivity index (χ2v) is 3.72. The molecule has 1 unspecified atom stereocenters. The molecule has 0 heterocycles. The van der Waals surface area contributed by atoms with Crippen molar-refractivity contribution in [2.24, 2.45) is 5.41 Å². The highest BCUT2D eigenvalue weighted by atomic mass is 16.4. The third-order valence-electron chi connectivity index (χ3n) is 2.40. The minimum absolute atomic E-state index is 0.481. The van der Waals surface area contributed by atoms with Crippen molar-refractivity contribution in [3.63, 3.8) is 0 Å². The van der Waals surface area contributed by atoms with Crippen molar-refractivity contribution in [2.45, 2.75) is 52.9 Å². The molecule has 2 nitrogen and oxygen atoms in total. The summed E-state index contributed by atoms with van der Waals surface area (Å²) in [4.78, 5) is 10.9. The Morgan fingerprint density at radius 2 is 1.83 bits per heavy atom. The van der Waals surface area contributed by atoms with Crippen molar-refractivity contribution in [1.29, 1.82) is 0 Å². The van der Waals surface area contributed by atoms with E-state index < -0.39 is 11.4 Å². The SMILES string of the molecule is CCCCC(C)(CCC)C(=O)O. The first-order valence-electron chi connectivity index (χ1n) is 4.80. The van der Waals surface area contributed by atoms with Gasteiger partial charge in [-0.15, -0.1) is 0 Å². The van der Waals surface area contributed by atoms with Crippen LogP contribution in [-0.2, 0) is 4.79 Å². The van der Waals surface area contributed by atoms with Crippen molar-refractivity contribution in [3.05, 3.63) is 0 Å². The molecule has 0 spiro atoms. The van der Waals surface area contributed by atoms with Crippen LogP contribution in [0.15, 0.2) is 0 Å². The summed E-state index contributed by atoms with van der Waals surface area (Å²) < 4.78 is 0. The highest BCUT2D eigenvalue weighted by Crippen LogP contribution is 2.29. The standard InChI is InChI=1S/C10H20O2/c1-4-6-8-10(3,7-5-2)9(11)12/h4-8H2,1-3H3,(H,11,12). The molecule has 0 aliphatic carbocycles. The Labute approximate surface area is 75.0 Å². The molecule has 72 valence electrons. The maximum absolute atomic E-state index is 10.9. The number of carbonyl (C=O) groups is 1. The Hall–Kier alpha value is -0.530. The van der Waals surface area contributed by atoms with Gasteiger partial charge in [0.05, 0.1) is 5.41 Å². The van der Waals surface area contributed by atoms with Gasteiger partial charge < -0.3 is 5.11 Å². The van der Waals surface area contributed by atoms with Crippen LogP contribution >= 0.6 is 0 Å². The number of unbranched alkanes of at least 4 members (excludes halogenated alkanes) is 1. The molecule has 0 fully saturated rings. The summed E-state index contributed by atoms with van der Waals surface area (Å²) in [6, 6.07) is 0. The average molecular weight is 172 g/mol. The summed E-state index contributed by atoms with van der Waals surface area (Å²) in [6.45, 7) is 5.98. The van der Waals surface area contributed by atoms with Crippen molar-refractivity contribution < 1.29 is 9.90 Å². The zero-order chi connectivity index (χ0) is 9.61. The molecule has 0 saturated heterocycles. The normalized spacial score (nSPS) is 15.6. The lowest BCUT2D eigenvalue weighted by molar-refractivity contribution is -0.148. The largest absolute Gasteiger partial charge is 0.481 e. The first-order valence-corrected chi connectivity index (χ1v) is 4.80. The monoisotopic (exact) mass is 172 g/mol. The second-order valence-electron chi connectivity index (χ2n) is 3.72. The minimum atomic E-state index is -0.641. The van der Waals surface area contributed by atoms with Crippen molar-refractivity contribution >= 4 is 5.97 Å². The van der Waals surface area contributed by atoms with E-state index in [1.54, 1.807) is 0 Å². The zero-order valence-electron chi connectivity index (χ0n) is 8.39. The smallest absolute Gasteiger partial charge is 0.309 e. The van der Waals surface area contributed by atoms with Gasteiger partial charge in [0.2, 0.25) is 0 Å². The highest BCUT2D eigenvalue weighted by molar-refractivity contribution is 5.73. The maximum Gasteiger partial charge on any atom is 0.309 e. The molecule has 0 aromatic heterocycles. The van der Waals surface area contributed by atoms with Gasteiger partial charge in [-0.05, 0) is 19.8 Å². The molecule has 0 rings (SSSR count). The van der Waals surface area contributed by atoms with E-state index in [1.807, 2.05) is 13.8 Å². The predicted octanol–water partition coefficient (Wildman–Crippen LogP) is 3.07. The van der Waals surface area contributed by atoms with Gasteiger partial charge >= 0.3 is 5.97 Å². The summed E-state index contributed by atoms with van der Waals surface area (Å²) >= 11 is 0. The van der Waals surface area contributed by atoms with E-state index >= 15 is 0 Å². The van der Waals surface area contributed by atoms with Crippen LogP contribution in [-0.4, -0.2) is 11.1 Å². The molecule has 0 saturated carbocycles. The Bertz CT molecular complexity index is 143. The molecular formula is C10H20O2. The van der Waals surface area contributed by atoms with Gasteiger partial charge in [-0.1, -0.05) is 33.1 Å². The summed E-state index contributed by atoms with van der Waals surface area (Å²) in [5, 5.41) is 8.99. The topological polar surface area (TPSA) is 37.3 Å². The van der Waals surface area contributed by atoms with E-state index in [2.05, 4.69) is 6.92 Å². The van der Waals surface area contributed by atoms with Crippen LogP contribution in [0, 0.1) is 5.41 Å². The van der Waals surface area contributed by atoms with Gasteiger partial charge in [-0.3, -0.25) is 4.79 Å². The van der Waals surface area contributed by atoms with Crippen LogP contribution in [0.4, 0.5) is 0 Å². The lowest BCUT2D eigenvalue weighted by Crippen LogP contribution is -2.27. The van der Waals surface area contributed by atoms with Gasteiger partial charge in [0.1, 0.15) is 0 Å². The molecule has 1 atom stereocenters. The molecule has 0 radical (unpaired) electrons. The molecule has 0 aromatic rings. The Morgan fingerprint density at radius 1 is 1.25 bits per heavy atom. The third kappa shape index (κ3) is 3.24. The number of rotatable bonds is 6. The van der Waals surface area contributed by atoms with Crippen LogP contribution in [0.25, 0.3) is 0 Å². The fourth-order valence-corrected chi connectivity index (χ4v) is 1.46. The predicted molar refractivity (Wildman–Crippen MR) is 50.2 cm³/mol. The van der Waals surface area contributed by atoms with E-state index in [0.717, 1.165) is 32.1 Å². The van der Waals surface area contributed by atoms with Gasteiger partial charge in [0.25, 0.3) is 0 Å². The number of carboxylic acids is 1. The van der Waals surface area contributed by atoms with Crippen LogP contribution in [0.2, 0.25) is 0 Å². The maximum atomic E-state index is 10.9. The second kappa shape index (κ2) is 5.18. The molecule has 0 amide bonds. The molecule has 0 bridgehead atoms. The minimum Gasteiger partial charge on any atom is -0.481 e. The van der Waals surface area contributed by atoms with E-state index in [0.29, 0.717) is 0 Å². The number of carboxylic acid groups (broad SMARTS) is 1. The van der Waals surface area contributed by atoms with Crippen LogP contribution in [0.1, 0.15) is 52.9 Å². The zero-order valence-corrected chi connectivity index (χ0v) is 8.39. The summed E-state index contributed by atoms with van der Waals surface area (Å²) in [7, 11) is 0. The van der Waals surface area contributed by atoms with Crippen molar-refractivity contribution in [1.82, 2.24) is 0 Å².